The zero-order valence-electron chi connectivity index (χ0n) is 15.3. The molecule has 0 fully saturated rings. The van der Waals surface area contributed by atoms with Crippen LogP contribution in [0.15, 0.2) is 30.3 Å². The van der Waals surface area contributed by atoms with Crippen molar-refractivity contribution in [1.29, 1.82) is 0 Å². The topological polar surface area (TPSA) is 80.0 Å². The van der Waals surface area contributed by atoms with Crippen molar-refractivity contribution in [3.63, 3.8) is 0 Å². The molecular formula is C18H30ClNO5. The van der Waals surface area contributed by atoms with Crippen LogP contribution in [0.2, 0.25) is 0 Å². The molecule has 0 heterocycles. The molecule has 7 heteroatoms. The van der Waals surface area contributed by atoms with Crippen LogP contribution in [0.3, 0.4) is 0 Å². The van der Waals surface area contributed by atoms with Crippen molar-refractivity contribution in [2.24, 2.45) is 5.73 Å². The Morgan fingerprint density at radius 1 is 1.20 bits per heavy atom. The van der Waals surface area contributed by atoms with Gasteiger partial charge in [0.1, 0.15) is 24.0 Å². The van der Waals surface area contributed by atoms with Gasteiger partial charge >= 0.3 is 5.97 Å². The highest BCUT2D eigenvalue weighted by atomic mass is 35.5. The monoisotopic (exact) mass is 375 g/mol. The SMILES string of the molecule is CCCO[C@@H](COC)[C@@H](Oc1ccccc1)[C@H](C)OC(=O)C(C)N.Cl. The third-order valence-electron chi connectivity index (χ3n) is 3.39. The molecule has 0 saturated heterocycles. The highest BCUT2D eigenvalue weighted by molar-refractivity contribution is 5.85. The Bertz CT molecular complexity index is 472. The van der Waals surface area contributed by atoms with E-state index in [1.807, 2.05) is 37.3 Å². The number of para-hydroxylation sites is 1. The first kappa shape index (κ1) is 23.7. The summed E-state index contributed by atoms with van der Waals surface area (Å²) in [6, 6.07) is 8.66. The van der Waals surface area contributed by atoms with Gasteiger partial charge in [-0.25, -0.2) is 0 Å². The van der Waals surface area contributed by atoms with Crippen LogP contribution in [0.25, 0.3) is 0 Å². The summed E-state index contributed by atoms with van der Waals surface area (Å²) in [5, 5.41) is 0. The molecule has 6 nitrogen and oxygen atoms in total. The van der Waals surface area contributed by atoms with E-state index in [-0.39, 0.29) is 18.5 Å². The summed E-state index contributed by atoms with van der Waals surface area (Å²) in [4.78, 5) is 11.8. The fourth-order valence-electron chi connectivity index (χ4n) is 2.16. The summed E-state index contributed by atoms with van der Waals surface area (Å²) < 4.78 is 22.6. The summed E-state index contributed by atoms with van der Waals surface area (Å²) in [6.07, 6.45) is -0.555. The minimum Gasteiger partial charge on any atom is -0.484 e. The Balaban J connectivity index is 0.00000576. The van der Waals surface area contributed by atoms with Crippen molar-refractivity contribution in [2.75, 3.05) is 20.3 Å². The number of methoxy groups -OCH3 is 1. The normalized spacial score (nSPS) is 15.4. The second kappa shape index (κ2) is 12.9. The van der Waals surface area contributed by atoms with Crippen LogP contribution >= 0.6 is 12.4 Å². The highest BCUT2D eigenvalue weighted by Gasteiger charge is 2.33. The second-order valence-corrected chi connectivity index (χ2v) is 5.69. The van der Waals surface area contributed by atoms with Crippen LogP contribution in [-0.2, 0) is 19.0 Å². The van der Waals surface area contributed by atoms with E-state index in [1.54, 1.807) is 21.0 Å². The molecule has 1 rings (SSSR count). The Hall–Kier alpha value is -1.34. The summed E-state index contributed by atoms with van der Waals surface area (Å²) in [6.45, 7) is 6.28. The molecule has 4 atom stereocenters. The first-order chi connectivity index (χ1) is 11.5. The standard InChI is InChI=1S/C18H29NO5.ClH/c1-5-11-22-16(12-21-4)17(14(3)23-18(20)13(2)19)24-15-9-7-6-8-10-15;/h6-10,13-14,16-17H,5,11-12,19H2,1-4H3;1H/t13?,14-,16-,17-;/m0./s1. The quantitative estimate of drug-likeness (QED) is 0.599. The molecule has 0 spiro atoms. The number of benzene rings is 1. The van der Waals surface area contributed by atoms with Gasteiger partial charge in [-0.15, -0.1) is 12.4 Å². The summed E-state index contributed by atoms with van der Waals surface area (Å²) in [5.41, 5.74) is 5.58. The number of esters is 1. The van der Waals surface area contributed by atoms with Crippen molar-refractivity contribution >= 4 is 18.4 Å². The van der Waals surface area contributed by atoms with Crippen LogP contribution in [0.1, 0.15) is 27.2 Å². The molecule has 144 valence electrons. The molecule has 1 aromatic carbocycles. The van der Waals surface area contributed by atoms with E-state index in [4.69, 9.17) is 24.7 Å². The average molecular weight is 376 g/mol. The van der Waals surface area contributed by atoms with Gasteiger partial charge < -0.3 is 24.7 Å². The average Bonchev–Trinajstić information content (AvgIpc) is 2.57. The van der Waals surface area contributed by atoms with Crippen molar-refractivity contribution in [3.8, 4) is 5.75 Å². The summed E-state index contributed by atoms with van der Waals surface area (Å²) >= 11 is 0. The molecule has 0 amide bonds. The maximum Gasteiger partial charge on any atom is 0.323 e. The number of ether oxygens (including phenoxy) is 4. The van der Waals surface area contributed by atoms with E-state index in [2.05, 4.69) is 0 Å². The Kier molecular flexibility index (Phi) is 12.2. The number of carbonyl (C=O) groups excluding carboxylic acids is 1. The minimum absolute atomic E-state index is 0. The maximum absolute atomic E-state index is 11.8. The van der Waals surface area contributed by atoms with E-state index < -0.39 is 24.2 Å². The molecule has 0 saturated carbocycles. The first-order valence-electron chi connectivity index (χ1n) is 8.27. The largest absolute Gasteiger partial charge is 0.484 e. The van der Waals surface area contributed by atoms with Gasteiger partial charge in [0.2, 0.25) is 0 Å². The van der Waals surface area contributed by atoms with Crippen LogP contribution in [0, 0.1) is 0 Å². The number of nitrogens with two attached hydrogens (primary N) is 1. The fraction of sp³-hybridized carbons (Fsp3) is 0.611. The molecule has 0 aliphatic rings. The Morgan fingerprint density at radius 2 is 1.84 bits per heavy atom. The molecule has 0 aromatic heterocycles. The van der Waals surface area contributed by atoms with Crippen LogP contribution in [0.5, 0.6) is 5.75 Å². The van der Waals surface area contributed by atoms with Crippen LogP contribution in [-0.4, -0.2) is 50.6 Å². The van der Waals surface area contributed by atoms with Gasteiger partial charge in [0, 0.05) is 13.7 Å². The number of hydrogen-bond donors (Lipinski definition) is 1. The van der Waals surface area contributed by atoms with Gasteiger partial charge in [0.15, 0.2) is 6.10 Å². The van der Waals surface area contributed by atoms with Crippen LogP contribution < -0.4 is 10.5 Å². The van der Waals surface area contributed by atoms with Gasteiger partial charge in [0.25, 0.3) is 0 Å². The lowest BCUT2D eigenvalue weighted by molar-refractivity contribution is -0.161. The first-order valence-corrected chi connectivity index (χ1v) is 8.27. The predicted molar refractivity (Wildman–Crippen MR) is 99.2 cm³/mol. The molecule has 0 radical (unpaired) electrons. The lowest BCUT2D eigenvalue weighted by Crippen LogP contribution is -2.47. The third-order valence-corrected chi connectivity index (χ3v) is 3.39. The van der Waals surface area contributed by atoms with Gasteiger partial charge in [-0.3, -0.25) is 4.79 Å². The molecule has 1 unspecified atom stereocenters. The van der Waals surface area contributed by atoms with Crippen molar-refractivity contribution < 1.29 is 23.7 Å². The minimum atomic E-state index is -0.692. The number of halogens is 1. The lowest BCUT2D eigenvalue weighted by Gasteiger charge is -2.32. The molecule has 1 aromatic rings. The lowest BCUT2D eigenvalue weighted by atomic mass is 10.1. The molecule has 0 aliphatic carbocycles. The second-order valence-electron chi connectivity index (χ2n) is 5.69. The smallest absolute Gasteiger partial charge is 0.323 e. The molecular weight excluding hydrogens is 346 g/mol. The van der Waals surface area contributed by atoms with Gasteiger partial charge in [-0.05, 0) is 32.4 Å². The maximum atomic E-state index is 11.8. The Labute approximate surface area is 156 Å². The third kappa shape index (κ3) is 8.54. The highest BCUT2D eigenvalue weighted by Crippen LogP contribution is 2.19. The van der Waals surface area contributed by atoms with E-state index in [9.17, 15) is 4.79 Å². The zero-order valence-corrected chi connectivity index (χ0v) is 16.2. The molecule has 2 N–H and O–H groups in total. The molecule has 0 bridgehead atoms. The zero-order chi connectivity index (χ0) is 17.9. The molecule has 25 heavy (non-hydrogen) atoms. The van der Waals surface area contributed by atoms with E-state index in [1.165, 1.54) is 0 Å². The van der Waals surface area contributed by atoms with Gasteiger partial charge in [-0.1, -0.05) is 25.1 Å². The summed E-state index contributed by atoms with van der Waals surface area (Å²) in [7, 11) is 1.60. The van der Waals surface area contributed by atoms with Crippen molar-refractivity contribution in [1.82, 2.24) is 0 Å². The molecule has 0 aliphatic heterocycles. The van der Waals surface area contributed by atoms with Crippen molar-refractivity contribution in [3.05, 3.63) is 30.3 Å². The van der Waals surface area contributed by atoms with E-state index in [0.717, 1.165) is 6.42 Å². The van der Waals surface area contributed by atoms with Crippen LogP contribution in [0.4, 0.5) is 0 Å². The fourth-order valence-corrected chi connectivity index (χ4v) is 2.16. The van der Waals surface area contributed by atoms with E-state index >= 15 is 0 Å². The predicted octanol–water partition coefficient (Wildman–Crippen LogP) is 2.58. The Morgan fingerprint density at radius 3 is 2.36 bits per heavy atom. The number of hydrogen-bond acceptors (Lipinski definition) is 6. The summed E-state index contributed by atoms with van der Waals surface area (Å²) in [5.74, 6) is 0.197. The van der Waals surface area contributed by atoms with Crippen molar-refractivity contribution in [2.45, 2.75) is 51.5 Å². The van der Waals surface area contributed by atoms with Gasteiger partial charge in [0.05, 0.1) is 6.61 Å². The number of rotatable bonds is 11. The van der Waals surface area contributed by atoms with Gasteiger partial charge in [-0.2, -0.15) is 0 Å². The van der Waals surface area contributed by atoms with E-state index in [0.29, 0.717) is 19.0 Å². The number of carbonyl (C=O) groups is 1.